The lowest BCUT2D eigenvalue weighted by molar-refractivity contribution is 0.0730. The molecule has 1 aliphatic heterocycles. The second-order valence-corrected chi connectivity index (χ2v) is 6.42. The van der Waals surface area contributed by atoms with E-state index in [9.17, 15) is 14.0 Å². The third-order valence-electron chi connectivity index (χ3n) is 4.56. The van der Waals surface area contributed by atoms with Gasteiger partial charge in [-0.2, -0.15) is 0 Å². The lowest BCUT2D eigenvalue weighted by atomic mass is 9.96. The monoisotopic (exact) mass is 368 g/mol. The molecule has 140 valence electrons. The molecular formula is C20H21FN4O2. The molecular weight excluding hydrogens is 347 g/mol. The Morgan fingerprint density at radius 1 is 1.07 bits per heavy atom. The summed E-state index contributed by atoms with van der Waals surface area (Å²) >= 11 is 0. The zero-order valence-corrected chi connectivity index (χ0v) is 14.8. The molecule has 2 aromatic carbocycles. The van der Waals surface area contributed by atoms with Crippen LogP contribution in [0.2, 0.25) is 0 Å². The van der Waals surface area contributed by atoms with Crippen molar-refractivity contribution in [1.82, 2.24) is 10.2 Å². The Morgan fingerprint density at radius 3 is 2.41 bits per heavy atom. The highest BCUT2D eigenvalue weighted by Crippen LogP contribution is 2.17. The fourth-order valence-electron chi connectivity index (χ4n) is 3.15. The minimum atomic E-state index is -0.607. The van der Waals surface area contributed by atoms with E-state index in [1.54, 1.807) is 35.2 Å². The predicted molar refractivity (Wildman–Crippen MR) is 101 cm³/mol. The van der Waals surface area contributed by atoms with Gasteiger partial charge >= 0.3 is 0 Å². The van der Waals surface area contributed by atoms with Crippen molar-refractivity contribution in [3.05, 3.63) is 70.5 Å². The molecule has 27 heavy (non-hydrogen) atoms. The van der Waals surface area contributed by atoms with Crippen molar-refractivity contribution < 1.29 is 14.0 Å². The molecule has 0 saturated carbocycles. The Hall–Kier alpha value is -3.06. The largest absolute Gasteiger partial charge is 0.366 e. The first kappa shape index (κ1) is 18.7. The summed E-state index contributed by atoms with van der Waals surface area (Å²) in [6.07, 6.45) is 0.159. The van der Waals surface area contributed by atoms with Gasteiger partial charge in [0, 0.05) is 49.4 Å². The molecule has 0 bridgehead atoms. The summed E-state index contributed by atoms with van der Waals surface area (Å²) in [4.78, 5) is 25.8. The average molecular weight is 368 g/mol. The van der Waals surface area contributed by atoms with E-state index < -0.39 is 11.7 Å². The summed E-state index contributed by atoms with van der Waals surface area (Å²) in [5.41, 5.74) is 6.88. The van der Waals surface area contributed by atoms with Crippen LogP contribution in [0.15, 0.2) is 42.5 Å². The van der Waals surface area contributed by atoms with Crippen LogP contribution in [0.1, 0.15) is 31.8 Å². The molecule has 0 aromatic heterocycles. The molecule has 1 saturated heterocycles. The number of hydrogen-bond donors (Lipinski definition) is 3. The first-order valence-electron chi connectivity index (χ1n) is 8.72. The number of piperazine rings is 1. The first-order chi connectivity index (χ1) is 13.0. The quantitative estimate of drug-likeness (QED) is 0.699. The third-order valence-corrected chi connectivity index (χ3v) is 4.56. The maximum Gasteiger partial charge on any atom is 0.256 e. The highest BCUT2D eigenvalue weighted by molar-refractivity contribution is 6.09. The summed E-state index contributed by atoms with van der Waals surface area (Å²) in [7, 11) is 0. The van der Waals surface area contributed by atoms with Gasteiger partial charge in [-0.3, -0.25) is 9.59 Å². The normalized spacial score (nSPS) is 14.0. The number of carbonyl (C=O) groups excluding carboxylic acids is 2. The van der Waals surface area contributed by atoms with E-state index in [0.29, 0.717) is 37.3 Å². The number of carbonyl (C=O) groups is 2. The highest BCUT2D eigenvalue weighted by Gasteiger charge is 2.21. The van der Waals surface area contributed by atoms with Crippen molar-refractivity contribution in [3.8, 4) is 0 Å². The van der Waals surface area contributed by atoms with Gasteiger partial charge in [-0.15, -0.1) is 0 Å². The van der Waals surface area contributed by atoms with Crippen molar-refractivity contribution in [2.24, 2.45) is 5.73 Å². The molecule has 1 heterocycles. The van der Waals surface area contributed by atoms with E-state index in [0.717, 1.165) is 0 Å². The minimum Gasteiger partial charge on any atom is -0.366 e. The van der Waals surface area contributed by atoms with Crippen molar-refractivity contribution in [2.45, 2.75) is 6.42 Å². The molecule has 2 aromatic rings. The summed E-state index contributed by atoms with van der Waals surface area (Å²) in [5, 5.41) is 11.5. The maximum atomic E-state index is 14.2. The Morgan fingerprint density at radius 2 is 1.74 bits per heavy atom. The number of rotatable bonds is 5. The molecule has 6 nitrogen and oxygen atoms in total. The number of benzene rings is 2. The van der Waals surface area contributed by atoms with E-state index in [-0.39, 0.29) is 29.2 Å². The first-order valence-corrected chi connectivity index (χ1v) is 8.72. The van der Waals surface area contributed by atoms with Crippen LogP contribution in [-0.4, -0.2) is 48.6 Å². The van der Waals surface area contributed by atoms with Crippen LogP contribution in [0.4, 0.5) is 4.39 Å². The fraction of sp³-hybridized carbons (Fsp3) is 0.250. The maximum absolute atomic E-state index is 14.2. The smallest absolute Gasteiger partial charge is 0.256 e. The van der Waals surface area contributed by atoms with Gasteiger partial charge in [0.15, 0.2) is 0 Å². The lowest BCUT2D eigenvalue weighted by Gasteiger charge is -2.27. The van der Waals surface area contributed by atoms with Crippen LogP contribution in [0.5, 0.6) is 0 Å². The highest BCUT2D eigenvalue weighted by atomic mass is 19.1. The molecule has 4 N–H and O–H groups in total. The molecule has 3 rings (SSSR count). The zero-order chi connectivity index (χ0) is 19.4. The van der Waals surface area contributed by atoms with Gasteiger partial charge in [-0.25, -0.2) is 4.39 Å². The molecule has 1 fully saturated rings. The van der Waals surface area contributed by atoms with E-state index in [4.69, 9.17) is 11.1 Å². The minimum absolute atomic E-state index is 0.00499. The Balaban J connectivity index is 1.83. The third kappa shape index (κ3) is 4.20. The molecule has 1 aliphatic rings. The van der Waals surface area contributed by atoms with Crippen molar-refractivity contribution in [3.63, 3.8) is 0 Å². The lowest BCUT2D eigenvalue weighted by Crippen LogP contribution is -2.46. The summed E-state index contributed by atoms with van der Waals surface area (Å²) in [5.74, 6) is -1.53. The second-order valence-electron chi connectivity index (χ2n) is 6.42. The van der Waals surface area contributed by atoms with Crippen LogP contribution in [0, 0.1) is 11.2 Å². The summed E-state index contributed by atoms with van der Waals surface area (Å²) < 4.78 is 14.2. The number of amides is 2. The van der Waals surface area contributed by atoms with Crippen molar-refractivity contribution in [2.75, 3.05) is 26.2 Å². The summed E-state index contributed by atoms with van der Waals surface area (Å²) in [6.45, 7) is 2.43. The van der Waals surface area contributed by atoms with Gasteiger partial charge in [-0.05, 0) is 23.8 Å². The van der Waals surface area contributed by atoms with Gasteiger partial charge in [0.05, 0.1) is 5.56 Å². The number of nitrogens with one attached hydrogen (secondary N) is 2. The van der Waals surface area contributed by atoms with Crippen molar-refractivity contribution in [1.29, 1.82) is 5.41 Å². The summed E-state index contributed by atoms with van der Waals surface area (Å²) in [6, 6.07) is 10.9. The molecule has 7 heteroatoms. The van der Waals surface area contributed by atoms with E-state index in [1.165, 1.54) is 12.1 Å². The van der Waals surface area contributed by atoms with Gasteiger partial charge in [0.1, 0.15) is 5.82 Å². The molecule has 0 spiro atoms. The van der Waals surface area contributed by atoms with E-state index >= 15 is 0 Å². The number of nitrogens with zero attached hydrogens (tertiary/aromatic N) is 1. The SMILES string of the molecule is N=C(Cc1ccc(F)c(C(=O)N2CCNCC2)c1)c1ccccc1C(N)=O. The number of nitrogens with two attached hydrogens (primary N) is 1. The molecule has 0 aliphatic carbocycles. The fourth-order valence-corrected chi connectivity index (χ4v) is 3.15. The van der Waals surface area contributed by atoms with Crippen LogP contribution >= 0.6 is 0 Å². The van der Waals surface area contributed by atoms with Crippen LogP contribution < -0.4 is 11.1 Å². The molecule has 0 atom stereocenters. The van der Waals surface area contributed by atoms with Crippen LogP contribution in [0.25, 0.3) is 0 Å². The topological polar surface area (TPSA) is 99.3 Å². The Labute approximate surface area is 156 Å². The van der Waals surface area contributed by atoms with E-state index in [2.05, 4.69) is 5.32 Å². The van der Waals surface area contributed by atoms with Gasteiger partial charge in [-0.1, -0.05) is 24.3 Å². The van der Waals surface area contributed by atoms with Gasteiger partial charge in [0.2, 0.25) is 5.91 Å². The number of primary amides is 1. The van der Waals surface area contributed by atoms with Crippen LogP contribution in [0.3, 0.4) is 0 Å². The van der Waals surface area contributed by atoms with Gasteiger partial charge in [0.25, 0.3) is 5.91 Å². The average Bonchev–Trinajstić information content (AvgIpc) is 2.69. The zero-order valence-electron chi connectivity index (χ0n) is 14.8. The van der Waals surface area contributed by atoms with Crippen LogP contribution in [-0.2, 0) is 6.42 Å². The van der Waals surface area contributed by atoms with Crippen molar-refractivity contribution >= 4 is 17.5 Å². The van der Waals surface area contributed by atoms with E-state index in [1.807, 2.05) is 0 Å². The Bertz CT molecular complexity index is 891. The second kappa shape index (κ2) is 8.09. The number of hydrogen-bond acceptors (Lipinski definition) is 4. The molecule has 0 unspecified atom stereocenters. The Kier molecular flexibility index (Phi) is 5.61. The predicted octanol–water partition coefficient (Wildman–Crippen LogP) is 1.58. The van der Waals surface area contributed by atoms with Gasteiger partial charge < -0.3 is 21.4 Å². The molecule has 0 radical (unpaired) electrons. The standard InChI is InChI=1S/C20H21FN4O2/c21-17-6-5-13(11-16(17)20(27)25-9-7-24-8-10-25)12-18(22)14-3-1-2-4-15(14)19(23)26/h1-6,11,22,24H,7-10,12H2,(H2,23,26). The molecule has 2 amide bonds. The number of halogens is 1.